The summed E-state index contributed by atoms with van der Waals surface area (Å²) < 4.78 is 0. The number of benzene rings is 2. The van der Waals surface area contributed by atoms with Gasteiger partial charge in [-0.15, -0.1) is 0 Å². The molecule has 0 amide bonds. The minimum absolute atomic E-state index is 0.889. The fourth-order valence-electron chi connectivity index (χ4n) is 3.53. The molecule has 0 radical (unpaired) electrons. The molecule has 2 aromatic rings. The lowest BCUT2D eigenvalue weighted by atomic mass is 9.86. The summed E-state index contributed by atoms with van der Waals surface area (Å²) in [5, 5.41) is 3.45. The number of fused-ring (bicyclic) bond motifs is 1. The fraction of sp³-hybridized carbons (Fsp3) is 0.350. The maximum Gasteiger partial charge on any atom is 0.129 e. The molecular weight excluding hydrogens is 268 g/mol. The Labute approximate surface area is 132 Å². The minimum atomic E-state index is 0.889. The third-order valence-electron chi connectivity index (χ3n) is 4.77. The second-order valence-electron chi connectivity index (χ2n) is 6.40. The lowest BCUT2D eigenvalue weighted by Gasteiger charge is -2.20. The molecule has 0 aromatic heterocycles. The normalized spacial score (nSPS) is 16.9. The van der Waals surface area contributed by atoms with Crippen LogP contribution in [0.5, 0.6) is 0 Å². The Bertz CT molecular complexity index is 726. The van der Waals surface area contributed by atoms with Crippen molar-refractivity contribution in [1.82, 2.24) is 5.32 Å². The summed E-state index contributed by atoms with van der Waals surface area (Å²) in [6, 6.07) is 13.7. The van der Waals surface area contributed by atoms with Crippen LogP contribution in [0, 0.1) is 6.92 Å². The van der Waals surface area contributed by atoms with Gasteiger partial charge in [-0.05, 0) is 60.9 Å². The number of nitrogens with one attached hydrogen (secondary N) is 1. The van der Waals surface area contributed by atoms with Gasteiger partial charge in [-0.3, -0.25) is 4.99 Å². The second-order valence-corrected chi connectivity index (χ2v) is 6.40. The Morgan fingerprint density at radius 3 is 2.23 bits per heavy atom. The smallest absolute Gasteiger partial charge is 0.129 e. The van der Waals surface area contributed by atoms with Gasteiger partial charge in [-0.1, -0.05) is 35.9 Å². The maximum atomic E-state index is 4.66. The van der Waals surface area contributed by atoms with Gasteiger partial charge in [0.15, 0.2) is 0 Å². The van der Waals surface area contributed by atoms with Crippen LogP contribution in [0.1, 0.15) is 35.1 Å². The Morgan fingerprint density at radius 1 is 0.909 bits per heavy atom. The van der Waals surface area contributed by atoms with Crippen LogP contribution in [0.4, 0.5) is 0 Å². The van der Waals surface area contributed by atoms with E-state index in [9.17, 15) is 0 Å². The summed E-state index contributed by atoms with van der Waals surface area (Å²) in [4.78, 5) is 4.66. The Balaban J connectivity index is 1.88. The lowest BCUT2D eigenvalue weighted by molar-refractivity contribution is 0.685. The molecular formula is C20H22N2. The predicted molar refractivity (Wildman–Crippen MR) is 92.7 cm³/mol. The van der Waals surface area contributed by atoms with Crippen LogP contribution in [0.2, 0.25) is 0 Å². The molecule has 0 fully saturated rings. The van der Waals surface area contributed by atoms with Gasteiger partial charge in [0.1, 0.15) is 5.84 Å². The van der Waals surface area contributed by atoms with Crippen molar-refractivity contribution < 1.29 is 0 Å². The molecule has 0 saturated carbocycles. The van der Waals surface area contributed by atoms with E-state index in [0.29, 0.717) is 0 Å². The number of nitrogens with zero attached hydrogens (tertiary/aromatic N) is 1. The summed E-state index contributed by atoms with van der Waals surface area (Å²) in [6.07, 6.45) is 5.06. The van der Waals surface area contributed by atoms with E-state index in [1.54, 1.807) is 0 Å². The number of aliphatic imine (C=N–C) groups is 1. The molecule has 1 N–H and O–H groups in total. The van der Waals surface area contributed by atoms with E-state index >= 15 is 0 Å². The van der Waals surface area contributed by atoms with Gasteiger partial charge < -0.3 is 5.32 Å². The zero-order chi connectivity index (χ0) is 14.9. The van der Waals surface area contributed by atoms with Gasteiger partial charge in [0.2, 0.25) is 0 Å². The Morgan fingerprint density at radius 2 is 1.59 bits per heavy atom. The highest BCUT2D eigenvalue weighted by molar-refractivity contribution is 6.05. The van der Waals surface area contributed by atoms with E-state index in [1.165, 1.54) is 59.1 Å². The van der Waals surface area contributed by atoms with E-state index in [0.717, 1.165) is 18.9 Å². The van der Waals surface area contributed by atoms with Crippen molar-refractivity contribution in [2.75, 3.05) is 13.1 Å². The monoisotopic (exact) mass is 290 g/mol. The number of hydrogen-bond acceptors (Lipinski definition) is 2. The summed E-state index contributed by atoms with van der Waals surface area (Å²) >= 11 is 0. The standard InChI is InChI=1S/C20H22N2/c1-14-6-8-15(9-7-14)18-12-16-4-2-3-5-17(16)13-19(18)20-21-10-11-22-20/h6-9,12-13H,2-5,10-11H2,1H3,(H,21,22). The van der Waals surface area contributed by atoms with Crippen molar-refractivity contribution in [3.63, 3.8) is 0 Å². The van der Waals surface area contributed by atoms with Crippen molar-refractivity contribution in [2.45, 2.75) is 32.6 Å². The van der Waals surface area contributed by atoms with Crippen LogP contribution in [0.15, 0.2) is 41.4 Å². The largest absolute Gasteiger partial charge is 0.368 e. The summed E-state index contributed by atoms with van der Waals surface area (Å²) in [5.41, 5.74) is 8.26. The predicted octanol–water partition coefficient (Wildman–Crippen LogP) is 3.89. The molecule has 2 aromatic carbocycles. The highest BCUT2D eigenvalue weighted by Gasteiger charge is 2.18. The second kappa shape index (κ2) is 5.60. The van der Waals surface area contributed by atoms with Crippen LogP contribution >= 0.6 is 0 Å². The van der Waals surface area contributed by atoms with Crippen LogP contribution in [-0.4, -0.2) is 18.9 Å². The van der Waals surface area contributed by atoms with Crippen LogP contribution in [-0.2, 0) is 12.8 Å². The molecule has 4 rings (SSSR count). The van der Waals surface area contributed by atoms with Crippen LogP contribution < -0.4 is 5.32 Å². The fourth-order valence-corrected chi connectivity index (χ4v) is 3.53. The minimum Gasteiger partial charge on any atom is -0.368 e. The molecule has 2 nitrogen and oxygen atoms in total. The summed E-state index contributed by atoms with van der Waals surface area (Å²) in [5.74, 6) is 1.07. The first-order chi connectivity index (χ1) is 10.8. The number of hydrogen-bond donors (Lipinski definition) is 1. The number of rotatable bonds is 2. The number of aryl methyl sites for hydroxylation is 3. The molecule has 22 heavy (non-hydrogen) atoms. The first kappa shape index (κ1) is 13.6. The molecule has 1 aliphatic heterocycles. The third-order valence-corrected chi connectivity index (χ3v) is 4.77. The van der Waals surface area contributed by atoms with E-state index in [1.807, 2.05) is 0 Å². The summed E-state index contributed by atoms with van der Waals surface area (Å²) in [6.45, 7) is 3.99. The highest BCUT2D eigenvalue weighted by atomic mass is 15.1. The van der Waals surface area contributed by atoms with Gasteiger partial charge >= 0.3 is 0 Å². The first-order valence-electron chi connectivity index (χ1n) is 8.33. The van der Waals surface area contributed by atoms with Gasteiger partial charge in [0.25, 0.3) is 0 Å². The number of amidine groups is 1. The van der Waals surface area contributed by atoms with Crippen LogP contribution in [0.3, 0.4) is 0 Å². The highest BCUT2D eigenvalue weighted by Crippen LogP contribution is 2.31. The molecule has 1 aliphatic carbocycles. The van der Waals surface area contributed by atoms with Crippen molar-refractivity contribution in [3.8, 4) is 11.1 Å². The van der Waals surface area contributed by atoms with Gasteiger partial charge in [-0.2, -0.15) is 0 Å². The molecule has 1 heterocycles. The van der Waals surface area contributed by atoms with Crippen molar-refractivity contribution >= 4 is 5.84 Å². The average molecular weight is 290 g/mol. The zero-order valence-electron chi connectivity index (χ0n) is 13.2. The molecule has 0 saturated heterocycles. The Hall–Kier alpha value is -2.09. The van der Waals surface area contributed by atoms with Crippen molar-refractivity contribution in [3.05, 3.63) is 58.7 Å². The molecule has 2 heteroatoms. The van der Waals surface area contributed by atoms with Crippen LogP contribution in [0.25, 0.3) is 11.1 Å². The quantitative estimate of drug-likeness (QED) is 0.891. The lowest BCUT2D eigenvalue weighted by Crippen LogP contribution is -2.21. The maximum absolute atomic E-state index is 4.66. The molecule has 2 aliphatic rings. The van der Waals surface area contributed by atoms with E-state index in [4.69, 9.17) is 0 Å². The van der Waals surface area contributed by atoms with E-state index in [-0.39, 0.29) is 0 Å². The van der Waals surface area contributed by atoms with E-state index < -0.39 is 0 Å². The van der Waals surface area contributed by atoms with Crippen molar-refractivity contribution in [1.29, 1.82) is 0 Å². The van der Waals surface area contributed by atoms with Gasteiger partial charge in [0, 0.05) is 12.1 Å². The average Bonchev–Trinajstić information content (AvgIpc) is 3.09. The van der Waals surface area contributed by atoms with Crippen molar-refractivity contribution in [2.24, 2.45) is 4.99 Å². The molecule has 0 unspecified atom stereocenters. The zero-order valence-corrected chi connectivity index (χ0v) is 13.2. The van der Waals surface area contributed by atoms with Gasteiger partial charge in [0.05, 0.1) is 6.54 Å². The van der Waals surface area contributed by atoms with Gasteiger partial charge in [-0.25, -0.2) is 0 Å². The molecule has 0 atom stereocenters. The third kappa shape index (κ3) is 2.43. The SMILES string of the molecule is Cc1ccc(-c2cc3c(cc2C2=NCCN2)CCCC3)cc1. The van der Waals surface area contributed by atoms with E-state index in [2.05, 4.69) is 53.6 Å². The molecule has 112 valence electrons. The molecule has 0 bridgehead atoms. The summed E-state index contributed by atoms with van der Waals surface area (Å²) in [7, 11) is 0. The molecule has 0 spiro atoms. The Kier molecular flexibility index (Phi) is 3.45. The topological polar surface area (TPSA) is 24.4 Å². The first-order valence-corrected chi connectivity index (χ1v) is 8.33.